The zero-order chi connectivity index (χ0) is 20.9. The van der Waals surface area contributed by atoms with Crippen molar-refractivity contribution in [3.8, 4) is 0 Å². The molecule has 2 aromatic rings. The van der Waals surface area contributed by atoms with E-state index in [0.29, 0.717) is 5.82 Å². The predicted octanol–water partition coefficient (Wildman–Crippen LogP) is 3.63. The molecular weight excluding hydrogens is 356 g/mol. The summed E-state index contributed by atoms with van der Waals surface area (Å²) in [6, 6.07) is 7.31. The molecule has 2 heterocycles. The number of aromatic nitrogens is 2. The molecule has 1 unspecified atom stereocenters. The second kappa shape index (κ2) is 6.43. The zero-order valence-electron chi connectivity index (χ0n) is 17.6. The Bertz CT molecular complexity index is 903. The van der Waals surface area contributed by atoms with Gasteiger partial charge in [-0.25, -0.2) is 4.79 Å². The van der Waals surface area contributed by atoms with Crippen molar-refractivity contribution >= 4 is 11.9 Å². The molecular formula is C21H28N4O3. The first-order chi connectivity index (χ1) is 12.8. The van der Waals surface area contributed by atoms with E-state index < -0.39 is 11.6 Å². The summed E-state index contributed by atoms with van der Waals surface area (Å²) in [5.41, 5.74) is 0.510. The minimum Gasteiger partial charge on any atom is -0.337 e. The van der Waals surface area contributed by atoms with Crippen LogP contribution in [-0.2, 0) is 27.7 Å². The molecule has 28 heavy (non-hydrogen) atoms. The Morgan fingerprint density at radius 1 is 1.04 bits per heavy atom. The Morgan fingerprint density at radius 3 is 2.14 bits per heavy atom. The van der Waals surface area contributed by atoms with Crippen LogP contribution in [0.4, 0.5) is 4.79 Å². The van der Waals surface area contributed by atoms with E-state index in [4.69, 9.17) is 4.52 Å². The lowest BCUT2D eigenvalue weighted by molar-refractivity contribution is -0.131. The molecule has 1 atom stereocenters. The summed E-state index contributed by atoms with van der Waals surface area (Å²) in [6.07, 6.45) is 0. The molecule has 0 radical (unpaired) electrons. The van der Waals surface area contributed by atoms with Gasteiger partial charge in [-0.1, -0.05) is 71.0 Å². The number of nitrogens with one attached hydrogen (secondary N) is 1. The molecule has 3 rings (SSSR count). The molecule has 1 aliphatic rings. The smallest absolute Gasteiger partial charge is 0.325 e. The molecule has 7 heteroatoms. The summed E-state index contributed by atoms with van der Waals surface area (Å²) in [5.74, 6) is 0.437. The summed E-state index contributed by atoms with van der Waals surface area (Å²) in [4.78, 5) is 31.0. The fourth-order valence-electron chi connectivity index (χ4n) is 3.10. The number of hydrogen-bond acceptors (Lipinski definition) is 5. The van der Waals surface area contributed by atoms with Gasteiger partial charge in [-0.05, 0) is 23.5 Å². The van der Waals surface area contributed by atoms with E-state index in [0.717, 1.165) is 16.0 Å². The van der Waals surface area contributed by atoms with Gasteiger partial charge in [0.15, 0.2) is 5.82 Å². The third-order valence-electron chi connectivity index (χ3n) is 5.04. The molecule has 0 saturated carbocycles. The van der Waals surface area contributed by atoms with Gasteiger partial charge in [0.25, 0.3) is 5.91 Å². The second-order valence-electron chi connectivity index (χ2n) is 9.54. The molecule has 1 aromatic carbocycles. The van der Waals surface area contributed by atoms with Gasteiger partial charge < -0.3 is 9.84 Å². The van der Waals surface area contributed by atoms with Crippen LogP contribution in [0, 0.1) is 0 Å². The highest BCUT2D eigenvalue weighted by Gasteiger charge is 2.49. The van der Waals surface area contributed by atoms with Crippen LogP contribution in [0.3, 0.4) is 0 Å². The van der Waals surface area contributed by atoms with Crippen molar-refractivity contribution in [2.45, 2.75) is 71.4 Å². The molecule has 1 fully saturated rings. The van der Waals surface area contributed by atoms with Crippen LogP contribution >= 0.6 is 0 Å². The van der Waals surface area contributed by atoms with E-state index in [1.165, 1.54) is 0 Å². The second-order valence-corrected chi connectivity index (χ2v) is 9.54. The van der Waals surface area contributed by atoms with Crippen LogP contribution in [0.25, 0.3) is 0 Å². The van der Waals surface area contributed by atoms with E-state index >= 15 is 0 Å². The van der Waals surface area contributed by atoms with Crippen LogP contribution in [0.15, 0.2) is 28.8 Å². The zero-order valence-corrected chi connectivity index (χ0v) is 17.6. The molecule has 1 aromatic heterocycles. The van der Waals surface area contributed by atoms with Crippen molar-refractivity contribution in [2.24, 2.45) is 0 Å². The Labute approximate surface area is 165 Å². The van der Waals surface area contributed by atoms with Crippen molar-refractivity contribution in [3.63, 3.8) is 0 Å². The highest BCUT2D eigenvalue weighted by Crippen LogP contribution is 2.32. The van der Waals surface area contributed by atoms with E-state index in [1.54, 1.807) is 6.92 Å². The molecule has 0 aliphatic carbocycles. The summed E-state index contributed by atoms with van der Waals surface area (Å²) < 4.78 is 5.24. The van der Waals surface area contributed by atoms with E-state index in [1.807, 2.05) is 45.0 Å². The Hall–Kier alpha value is -2.70. The van der Waals surface area contributed by atoms with E-state index in [-0.39, 0.29) is 29.2 Å². The molecule has 0 bridgehead atoms. The van der Waals surface area contributed by atoms with Crippen LogP contribution in [-0.4, -0.2) is 27.0 Å². The summed E-state index contributed by atoms with van der Waals surface area (Å²) in [6.45, 7) is 13.9. The number of carbonyl (C=O) groups excluding carboxylic acids is 2. The van der Waals surface area contributed by atoms with Crippen molar-refractivity contribution in [3.05, 3.63) is 47.1 Å². The number of amides is 3. The fraction of sp³-hybridized carbons (Fsp3) is 0.524. The maximum absolute atomic E-state index is 13.1. The monoisotopic (exact) mass is 384 g/mol. The Kier molecular flexibility index (Phi) is 4.60. The maximum atomic E-state index is 13.1. The molecule has 1 aliphatic heterocycles. The van der Waals surface area contributed by atoms with Gasteiger partial charge in [0, 0.05) is 5.41 Å². The standard InChI is InChI=1S/C21H28N4O3/c1-19(2,3)13-8-10-14(11-9-13)21(7)17(26)25(18(27)23-21)12-15-22-16(24-28-15)20(4,5)6/h8-11H,12H2,1-7H3,(H,23,27). The number of nitrogens with zero attached hydrogens (tertiary/aromatic N) is 3. The first-order valence-electron chi connectivity index (χ1n) is 9.40. The maximum Gasteiger partial charge on any atom is 0.325 e. The molecule has 1 N–H and O–H groups in total. The molecule has 7 nitrogen and oxygen atoms in total. The van der Waals surface area contributed by atoms with Gasteiger partial charge in [0.2, 0.25) is 5.89 Å². The molecule has 3 amide bonds. The average Bonchev–Trinajstić information content (AvgIpc) is 3.14. The number of carbonyl (C=O) groups is 2. The van der Waals surface area contributed by atoms with Gasteiger partial charge in [-0.3, -0.25) is 9.69 Å². The fourth-order valence-corrected chi connectivity index (χ4v) is 3.10. The van der Waals surface area contributed by atoms with Crippen LogP contribution in [0.5, 0.6) is 0 Å². The molecule has 150 valence electrons. The predicted molar refractivity (Wildman–Crippen MR) is 105 cm³/mol. The first-order valence-corrected chi connectivity index (χ1v) is 9.40. The third kappa shape index (κ3) is 3.53. The Morgan fingerprint density at radius 2 is 1.64 bits per heavy atom. The normalized spacial score (nSPS) is 20.6. The summed E-state index contributed by atoms with van der Waals surface area (Å²) >= 11 is 0. The number of hydrogen-bond donors (Lipinski definition) is 1. The highest BCUT2D eigenvalue weighted by molar-refractivity contribution is 6.07. The Balaban J connectivity index is 1.83. The molecule has 1 saturated heterocycles. The lowest BCUT2D eigenvalue weighted by Crippen LogP contribution is -2.40. The van der Waals surface area contributed by atoms with Crippen LogP contribution < -0.4 is 5.32 Å². The number of benzene rings is 1. The lowest BCUT2D eigenvalue weighted by atomic mass is 9.84. The van der Waals surface area contributed by atoms with E-state index in [9.17, 15) is 9.59 Å². The van der Waals surface area contributed by atoms with Gasteiger partial charge in [0.05, 0.1) is 0 Å². The average molecular weight is 384 g/mol. The van der Waals surface area contributed by atoms with Gasteiger partial charge >= 0.3 is 6.03 Å². The quantitative estimate of drug-likeness (QED) is 0.817. The van der Waals surface area contributed by atoms with Crippen molar-refractivity contribution in [1.82, 2.24) is 20.4 Å². The van der Waals surface area contributed by atoms with Crippen LogP contribution in [0.2, 0.25) is 0 Å². The van der Waals surface area contributed by atoms with Gasteiger partial charge in [-0.2, -0.15) is 4.98 Å². The molecule has 0 spiro atoms. The first kappa shape index (κ1) is 20.0. The topological polar surface area (TPSA) is 88.3 Å². The van der Waals surface area contributed by atoms with Crippen molar-refractivity contribution < 1.29 is 14.1 Å². The van der Waals surface area contributed by atoms with Gasteiger partial charge in [0.1, 0.15) is 12.1 Å². The third-order valence-corrected chi connectivity index (χ3v) is 5.04. The van der Waals surface area contributed by atoms with Gasteiger partial charge in [-0.15, -0.1) is 0 Å². The summed E-state index contributed by atoms with van der Waals surface area (Å²) in [5, 5.41) is 6.76. The highest BCUT2D eigenvalue weighted by atomic mass is 16.5. The SMILES string of the molecule is CC(C)(C)c1ccc(C2(C)NC(=O)N(Cc3nc(C(C)(C)C)no3)C2=O)cc1. The largest absolute Gasteiger partial charge is 0.337 e. The van der Waals surface area contributed by atoms with Crippen molar-refractivity contribution in [2.75, 3.05) is 0 Å². The van der Waals surface area contributed by atoms with E-state index in [2.05, 4.69) is 36.2 Å². The lowest BCUT2D eigenvalue weighted by Gasteiger charge is -2.24. The number of imide groups is 1. The minimum absolute atomic E-state index is 0.0110. The summed E-state index contributed by atoms with van der Waals surface area (Å²) in [7, 11) is 0. The van der Waals surface area contributed by atoms with Crippen molar-refractivity contribution in [1.29, 1.82) is 0 Å². The number of urea groups is 1. The number of rotatable bonds is 3. The van der Waals surface area contributed by atoms with Crippen LogP contribution in [0.1, 0.15) is 71.3 Å². The minimum atomic E-state index is -1.12.